The lowest BCUT2D eigenvalue weighted by Gasteiger charge is -2.20. The molecule has 0 saturated heterocycles. The van der Waals surface area contributed by atoms with Gasteiger partial charge in [0.05, 0.1) is 5.75 Å². The Bertz CT molecular complexity index is 711. The van der Waals surface area contributed by atoms with E-state index in [1.165, 1.54) is 5.56 Å². The first-order chi connectivity index (χ1) is 10.1. The number of nitrogens with zero attached hydrogens (tertiary/aromatic N) is 1. The first-order valence-corrected chi connectivity index (χ1v) is 8.84. The van der Waals surface area contributed by atoms with Crippen molar-refractivity contribution >= 4 is 10.0 Å². The Kier molecular flexibility index (Phi) is 4.08. The molecular weight excluding hydrogens is 282 g/mol. The summed E-state index contributed by atoms with van der Waals surface area (Å²) in [4.78, 5) is 0. The Hall–Kier alpha value is -1.65. The zero-order valence-electron chi connectivity index (χ0n) is 11.9. The van der Waals surface area contributed by atoms with E-state index >= 15 is 0 Å². The average Bonchev–Trinajstić information content (AvgIpc) is 2.63. The van der Waals surface area contributed by atoms with E-state index in [1.807, 2.05) is 54.6 Å². The average molecular weight is 301 g/mol. The highest BCUT2D eigenvalue weighted by Crippen LogP contribution is 2.21. The maximum absolute atomic E-state index is 12.4. The van der Waals surface area contributed by atoms with Gasteiger partial charge in [0.1, 0.15) is 0 Å². The third kappa shape index (κ3) is 3.34. The molecule has 2 aromatic carbocycles. The molecule has 0 spiro atoms. The molecule has 3 nitrogen and oxygen atoms in total. The number of hydrogen-bond acceptors (Lipinski definition) is 2. The molecular formula is C17H19NO2S. The zero-order chi connectivity index (χ0) is 14.7. The van der Waals surface area contributed by atoms with Gasteiger partial charge in [-0.25, -0.2) is 8.42 Å². The molecule has 0 unspecified atom stereocenters. The van der Waals surface area contributed by atoms with Gasteiger partial charge in [0.15, 0.2) is 0 Å². The molecule has 21 heavy (non-hydrogen) atoms. The molecule has 0 aliphatic carbocycles. The Morgan fingerprint density at radius 1 is 0.905 bits per heavy atom. The van der Waals surface area contributed by atoms with Crippen molar-refractivity contribution in [1.29, 1.82) is 0 Å². The number of fused-ring (bicyclic) bond motifs is 1. The highest BCUT2D eigenvalue weighted by molar-refractivity contribution is 7.89. The molecule has 0 radical (unpaired) electrons. The molecule has 0 atom stereocenters. The molecule has 1 aliphatic heterocycles. The molecule has 1 aliphatic rings. The molecule has 0 amide bonds. The van der Waals surface area contributed by atoms with Crippen molar-refractivity contribution in [2.75, 3.05) is 12.3 Å². The molecule has 0 aromatic heterocycles. The minimum Gasteiger partial charge on any atom is -0.212 e. The second-order valence-electron chi connectivity index (χ2n) is 5.40. The molecule has 4 heteroatoms. The fourth-order valence-electron chi connectivity index (χ4n) is 2.73. The van der Waals surface area contributed by atoms with E-state index in [-0.39, 0.29) is 5.75 Å². The van der Waals surface area contributed by atoms with Gasteiger partial charge in [-0.3, -0.25) is 0 Å². The van der Waals surface area contributed by atoms with Crippen molar-refractivity contribution in [2.24, 2.45) is 0 Å². The Labute approximate surface area is 126 Å². The fourth-order valence-corrected chi connectivity index (χ4v) is 4.17. The monoisotopic (exact) mass is 301 g/mol. The maximum atomic E-state index is 12.4. The second kappa shape index (κ2) is 6.00. The van der Waals surface area contributed by atoms with Crippen LogP contribution in [0, 0.1) is 0 Å². The Balaban J connectivity index is 1.79. The number of hydrogen-bond donors (Lipinski definition) is 0. The predicted molar refractivity (Wildman–Crippen MR) is 84.5 cm³/mol. The van der Waals surface area contributed by atoms with E-state index in [4.69, 9.17) is 0 Å². The lowest BCUT2D eigenvalue weighted by atomic mass is 10.1. The minimum absolute atomic E-state index is 0.207. The van der Waals surface area contributed by atoms with Crippen LogP contribution in [0.25, 0.3) is 0 Å². The van der Waals surface area contributed by atoms with Crippen LogP contribution in [-0.2, 0) is 29.4 Å². The van der Waals surface area contributed by atoms with E-state index < -0.39 is 10.0 Å². The van der Waals surface area contributed by atoms with E-state index in [9.17, 15) is 8.42 Å². The van der Waals surface area contributed by atoms with Crippen molar-refractivity contribution in [1.82, 2.24) is 4.31 Å². The summed E-state index contributed by atoms with van der Waals surface area (Å²) in [5.41, 5.74) is 3.46. The van der Waals surface area contributed by atoms with Crippen molar-refractivity contribution in [3.63, 3.8) is 0 Å². The second-order valence-corrected chi connectivity index (χ2v) is 7.49. The van der Waals surface area contributed by atoms with Crippen molar-refractivity contribution in [2.45, 2.75) is 19.4 Å². The quantitative estimate of drug-likeness (QED) is 0.874. The number of aryl methyl sites for hydroxylation is 1. The van der Waals surface area contributed by atoms with Crippen LogP contribution >= 0.6 is 0 Å². The van der Waals surface area contributed by atoms with Crippen LogP contribution in [0.2, 0.25) is 0 Å². The van der Waals surface area contributed by atoms with Crippen LogP contribution in [0.4, 0.5) is 0 Å². The SMILES string of the molecule is O=S1(=O)CCc2ccccc2CN1CCc1ccccc1. The summed E-state index contributed by atoms with van der Waals surface area (Å²) in [5, 5.41) is 0. The highest BCUT2D eigenvalue weighted by atomic mass is 32.2. The molecule has 0 fully saturated rings. The van der Waals surface area contributed by atoms with Crippen LogP contribution in [0.1, 0.15) is 16.7 Å². The van der Waals surface area contributed by atoms with Gasteiger partial charge in [-0.05, 0) is 29.5 Å². The van der Waals surface area contributed by atoms with Crippen LogP contribution < -0.4 is 0 Å². The van der Waals surface area contributed by atoms with E-state index in [1.54, 1.807) is 4.31 Å². The van der Waals surface area contributed by atoms with Crippen molar-refractivity contribution in [3.8, 4) is 0 Å². The number of sulfonamides is 1. The molecule has 0 N–H and O–H groups in total. The fraction of sp³-hybridized carbons (Fsp3) is 0.294. The lowest BCUT2D eigenvalue weighted by Crippen LogP contribution is -2.33. The van der Waals surface area contributed by atoms with Gasteiger partial charge in [0.2, 0.25) is 10.0 Å². The van der Waals surface area contributed by atoms with Crippen molar-refractivity contribution in [3.05, 3.63) is 71.3 Å². The van der Waals surface area contributed by atoms with E-state index in [2.05, 4.69) is 0 Å². The number of benzene rings is 2. The van der Waals surface area contributed by atoms with Gasteiger partial charge in [-0.2, -0.15) is 4.31 Å². The largest absolute Gasteiger partial charge is 0.214 e. The molecule has 0 saturated carbocycles. The van der Waals surface area contributed by atoms with Gasteiger partial charge >= 0.3 is 0 Å². The molecule has 110 valence electrons. The molecule has 1 heterocycles. The lowest BCUT2D eigenvalue weighted by molar-refractivity contribution is 0.413. The minimum atomic E-state index is -3.16. The van der Waals surface area contributed by atoms with Gasteiger partial charge < -0.3 is 0 Å². The summed E-state index contributed by atoms with van der Waals surface area (Å²) in [6.45, 7) is 1.03. The highest BCUT2D eigenvalue weighted by Gasteiger charge is 2.26. The first-order valence-electron chi connectivity index (χ1n) is 7.24. The van der Waals surface area contributed by atoms with Gasteiger partial charge in [0.25, 0.3) is 0 Å². The smallest absolute Gasteiger partial charge is 0.212 e. The topological polar surface area (TPSA) is 37.4 Å². The maximum Gasteiger partial charge on any atom is 0.214 e. The van der Waals surface area contributed by atoms with Crippen LogP contribution in [0.15, 0.2) is 54.6 Å². The summed E-state index contributed by atoms with van der Waals surface area (Å²) in [6.07, 6.45) is 1.36. The molecule has 0 bridgehead atoms. The Morgan fingerprint density at radius 2 is 1.57 bits per heavy atom. The third-order valence-corrected chi connectivity index (χ3v) is 5.80. The Morgan fingerprint density at radius 3 is 2.33 bits per heavy atom. The van der Waals surface area contributed by atoms with Gasteiger partial charge in [-0.15, -0.1) is 0 Å². The molecule has 3 rings (SSSR count). The zero-order valence-corrected chi connectivity index (χ0v) is 12.7. The first kappa shape index (κ1) is 14.3. The van der Waals surface area contributed by atoms with Crippen molar-refractivity contribution < 1.29 is 8.42 Å². The summed E-state index contributed by atoms with van der Waals surface area (Å²) >= 11 is 0. The summed E-state index contributed by atoms with van der Waals surface area (Å²) in [5.74, 6) is 0.207. The normalized spacial score (nSPS) is 17.9. The third-order valence-electron chi connectivity index (χ3n) is 3.98. The van der Waals surface area contributed by atoms with Gasteiger partial charge in [0, 0.05) is 13.1 Å². The standard InChI is InChI=1S/C17H19NO2S/c19-21(20)13-11-16-8-4-5-9-17(16)14-18(21)12-10-15-6-2-1-3-7-15/h1-9H,10-14H2. The van der Waals surface area contributed by atoms with E-state index in [0.29, 0.717) is 19.5 Å². The van der Waals surface area contributed by atoms with Crippen LogP contribution in [0.5, 0.6) is 0 Å². The predicted octanol–water partition coefficient (Wildman–Crippen LogP) is 2.62. The number of rotatable bonds is 3. The summed E-state index contributed by atoms with van der Waals surface area (Å²) in [7, 11) is -3.16. The van der Waals surface area contributed by atoms with Gasteiger partial charge in [-0.1, -0.05) is 54.6 Å². The molecule has 2 aromatic rings. The summed E-state index contributed by atoms with van der Waals surface area (Å²) < 4.78 is 26.5. The van der Waals surface area contributed by atoms with Crippen LogP contribution in [-0.4, -0.2) is 25.0 Å². The van der Waals surface area contributed by atoms with E-state index in [0.717, 1.165) is 17.5 Å². The summed E-state index contributed by atoms with van der Waals surface area (Å²) in [6, 6.07) is 18.1. The van der Waals surface area contributed by atoms with Crippen LogP contribution in [0.3, 0.4) is 0 Å².